The van der Waals surface area contributed by atoms with Crippen molar-refractivity contribution in [3.63, 3.8) is 0 Å². The van der Waals surface area contributed by atoms with E-state index in [0.29, 0.717) is 12.8 Å². The highest BCUT2D eigenvalue weighted by Gasteiger charge is 2.25. The molecule has 0 aromatic carbocycles. The molecule has 0 N–H and O–H groups in total. The number of carbonyl (C=O) groups is 3. The third kappa shape index (κ3) is 48.9. The summed E-state index contributed by atoms with van der Waals surface area (Å²) in [5.74, 6) is -1.71. The van der Waals surface area contributed by atoms with Crippen LogP contribution in [-0.4, -0.2) is 75.5 Å². The fourth-order valence-electron chi connectivity index (χ4n) is 9.13. The Balaban J connectivity index is 4.12. The molecule has 0 bridgehead atoms. The van der Waals surface area contributed by atoms with Crippen LogP contribution in [0.2, 0.25) is 0 Å². The van der Waals surface area contributed by atoms with Gasteiger partial charge in [-0.15, -0.1) is 0 Å². The smallest absolute Gasteiger partial charge is 0.306 e. The lowest BCUT2D eigenvalue weighted by molar-refractivity contribution is -0.889. The molecule has 0 aliphatic rings. The maximum atomic E-state index is 12.8. The SMILES string of the molecule is CCCCCCCCCCC/C=C/CCCCCCCCCC(=O)OC(COCCC(C(=O)[O-])[N+](C)(C)C)COC(=O)CCCCCCCCCCCCCCCCCCCCCCCCC. The van der Waals surface area contributed by atoms with Crippen molar-refractivity contribution in [1.29, 1.82) is 0 Å². The average Bonchev–Trinajstić information content (AvgIpc) is 3.29. The molecule has 0 saturated carbocycles. The minimum atomic E-state index is -1.12. The van der Waals surface area contributed by atoms with E-state index in [4.69, 9.17) is 14.2 Å². The highest BCUT2D eigenvalue weighted by Crippen LogP contribution is 2.17. The third-order valence-electron chi connectivity index (χ3n) is 13.7. The summed E-state index contributed by atoms with van der Waals surface area (Å²) >= 11 is 0. The Labute approximate surface area is 416 Å². The van der Waals surface area contributed by atoms with E-state index in [1.807, 2.05) is 21.1 Å². The van der Waals surface area contributed by atoms with Crippen LogP contribution in [0.15, 0.2) is 12.2 Å². The quantitative estimate of drug-likeness (QED) is 0.0259. The number of unbranched alkanes of at least 4 members (excludes halogenated alkanes) is 38. The first-order valence-electron chi connectivity index (χ1n) is 29.2. The summed E-state index contributed by atoms with van der Waals surface area (Å²) in [5.41, 5.74) is 0. The highest BCUT2D eigenvalue weighted by atomic mass is 16.6. The number of nitrogens with zero attached hydrogens (tertiary/aromatic N) is 1. The average molecular weight is 949 g/mol. The molecule has 0 heterocycles. The van der Waals surface area contributed by atoms with Crippen LogP contribution in [-0.2, 0) is 28.6 Å². The van der Waals surface area contributed by atoms with E-state index in [0.717, 1.165) is 38.5 Å². The van der Waals surface area contributed by atoms with E-state index in [2.05, 4.69) is 26.0 Å². The topological polar surface area (TPSA) is 102 Å². The van der Waals surface area contributed by atoms with Crippen LogP contribution in [0.1, 0.15) is 296 Å². The van der Waals surface area contributed by atoms with Crippen LogP contribution >= 0.6 is 0 Å². The zero-order valence-corrected chi connectivity index (χ0v) is 45.3. The normalized spacial score (nSPS) is 12.8. The van der Waals surface area contributed by atoms with Crippen molar-refractivity contribution >= 4 is 17.9 Å². The minimum absolute atomic E-state index is 0.0454. The molecule has 0 aromatic rings. The van der Waals surface area contributed by atoms with Gasteiger partial charge in [0, 0.05) is 19.3 Å². The van der Waals surface area contributed by atoms with Crippen LogP contribution in [0.25, 0.3) is 0 Å². The zero-order chi connectivity index (χ0) is 49.2. The Kier molecular flexibility index (Phi) is 49.0. The van der Waals surface area contributed by atoms with E-state index in [9.17, 15) is 19.5 Å². The third-order valence-corrected chi connectivity index (χ3v) is 13.7. The van der Waals surface area contributed by atoms with E-state index in [-0.39, 0.29) is 42.7 Å². The summed E-state index contributed by atoms with van der Waals surface area (Å²) in [6, 6.07) is -0.724. The second-order valence-corrected chi connectivity index (χ2v) is 21.2. The highest BCUT2D eigenvalue weighted by molar-refractivity contribution is 5.70. The van der Waals surface area contributed by atoms with Crippen LogP contribution < -0.4 is 5.11 Å². The number of likely N-dealkylation sites (N-methyl/N-ethyl adjacent to an activating group) is 1. The molecular weight excluding hydrogens is 835 g/mol. The van der Waals surface area contributed by atoms with Gasteiger partial charge in [0.25, 0.3) is 0 Å². The van der Waals surface area contributed by atoms with Gasteiger partial charge in [-0.1, -0.05) is 251 Å². The molecule has 8 nitrogen and oxygen atoms in total. The lowest BCUT2D eigenvalue weighted by Gasteiger charge is -2.34. The number of hydrogen-bond donors (Lipinski definition) is 0. The number of hydrogen-bond acceptors (Lipinski definition) is 7. The summed E-state index contributed by atoms with van der Waals surface area (Å²) in [7, 11) is 5.43. The second-order valence-electron chi connectivity index (χ2n) is 21.2. The molecule has 0 aliphatic carbocycles. The Morgan fingerprint density at radius 1 is 0.433 bits per heavy atom. The first-order valence-corrected chi connectivity index (χ1v) is 29.2. The van der Waals surface area contributed by atoms with Gasteiger partial charge >= 0.3 is 11.9 Å². The number of ether oxygens (including phenoxy) is 3. The molecule has 0 fully saturated rings. The molecule has 0 saturated heterocycles. The van der Waals surface area contributed by atoms with Crippen molar-refractivity contribution in [3.05, 3.63) is 12.2 Å². The van der Waals surface area contributed by atoms with Gasteiger partial charge in [0.15, 0.2) is 6.10 Å². The van der Waals surface area contributed by atoms with Crippen LogP contribution in [0, 0.1) is 0 Å². The Morgan fingerprint density at radius 2 is 0.746 bits per heavy atom. The number of carbonyl (C=O) groups excluding carboxylic acids is 3. The van der Waals surface area contributed by atoms with Gasteiger partial charge in [0.1, 0.15) is 12.6 Å². The predicted octanol–water partition coefficient (Wildman–Crippen LogP) is 16.0. The van der Waals surface area contributed by atoms with Gasteiger partial charge in [-0.05, 0) is 38.5 Å². The van der Waals surface area contributed by atoms with Gasteiger partial charge in [0.2, 0.25) is 0 Å². The molecule has 396 valence electrons. The van der Waals surface area contributed by atoms with E-state index >= 15 is 0 Å². The maximum absolute atomic E-state index is 12.8. The summed E-state index contributed by atoms with van der Waals surface area (Å²) in [5, 5.41) is 11.7. The van der Waals surface area contributed by atoms with Gasteiger partial charge in [-0.25, -0.2) is 0 Å². The summed E-state index contributed by atoms with van der Waals surface area (Å²) in [6.07, 6.45) is 58.3. The Bertz CT molecular complexity index is 1100. The second kappa shape index (κ2) is 50.5. The molecule has 2 atom stereocenters. The number of carboxylic acids is 1. The first kappa shape index (κ1) is 65.1. The molecule has 0 aliphatic heterocycles. The molecule has 8 heteroatoms. The van der Waals surface area contributed by atoms with E-state index < -0.39 is 18.1 Å². The van der Waals surface area contributed by atoms with Crippen LogP contribution in [0.4, 0.5) is 0 Å². The Hall–Kier alpha value is -1.93. The molecular formula is C59H113NO7. The largest absolute Gasteiger partial charge is 0.544 e. The summed E-state index contributed by atoms with van der Waals surface area (Å²) < 4.78 is 17.3. The van der Waals surface area contributed by atoms with Crippen molar-refractivity contribution < 1.29 is 38.2 Å². The number of esters is 2. The lowest BCUT2D eigenvalue weighted by Crippen LogP contribution is -2.55. The molecule has 0 aromatic heterocycles. The van der Waals surface area contributed by atoms with E-state index in [1.165, 1.54) is 225 Å². The zero-order valence-electron chi connectivity index (χ0n) is 45.3. The number of rotatable bonds is 54. The van der Waals surface area contributed by atoms with Crippen molar-refractivity contribution in [2.75, 3.05) is 41.0 Å². The molecule has 0 spiro atoms. The fraction of sp³-hybridized carbons (Fsp3) is 0.915. The molecule has 67 heavy (non-hydrogen) atoms. The summed E-state index contributed by atoms with van der Waals surface area (Å²) in [4.78, 5) is 37.2. The molecule has 2 unspecified atom stereocenters. The van der Waals surface area contributed by atoms with Crippen LogP contribution in [0.3, 0.4) is 0 Å². The lowest BCUT2D eigenvalue weighted by atomic mass is 10.0. The minimum Gasteiger partial charge on any atom is -0.544 e. The number of quaternary nitrogens is 1. The van der Waals surface area contributed by atoms with Crippen molar-refractivity contribution in [3.8, 4) is 0 Å². The van der Waals surface area contributed by atoms with Crippen molar-refractivity contribution in [1.82, 2.24) is 0 Å². The Morgan fingerprint density at radius 3 is 1.07 bits per heavy atom. The summed E-state index contributed by atoms with van der Waals surface area (Å²) in [6.45, 7) is 4.73. The number of aliphatic carboxylic acids is 1. The standard InChI is InChI=1S/C59H113NO7/c1-6-8-10-12-14-16-18-20-22-24-26-28-29-30-32-33-35-37-39-41-43-45-47-49-57(61)66-54-55(53-65-52-51-56(59(63)64)60(3,4)5)67-58(62)50-48-46-44-42-40-38-36-34-31-27-25-23-21-19-17-15-13-11-9-7-2/h27,31,55-56H,6-26,28-30,32-54H2,1-5H3/b31-27+. The van der Waals surface area contributed by atoms with Crippen LogP contribution in [0.5, 0.6) is 0 Å². The predicted molar refractivity (Wildman–Crippen MR) is 282 cm³/mol. The van der Waals surface area contributed by atoms with Gasteiger partial charge < -0.3 is 28.6 Å². The number of carboxylic acid groups (broad SMARTS) is 1. The molecule has 0 rings (SSSR count). The monoisotopic (exact) mass is 948 g/mol. The van der Waals surface area contributed by atoms with Crippen molar-refractivity contribution in [2.24, 2.45) is 0 Å². The number of allylic oxidation sites excluding steroid dienone is 2. The molecule has 0 radical (unpaired) electrons. The fourth-order valence-corrected chi connectivity index (χ4v) is 9.13. The van der Waals surface area contributed by atoms with Gasteiger partial charge in [-0.2, -0.15) is 0 Å². The van der Waals surface area contributed by atoms with Gasteiger partial charge in [-0.3, -0.25) is 9.59 Å². The maximum Gasteiger partial charge on any atom is 0.306 e. The van der Waals surface area contributed by atoms with Gasteiger partial charge in [0.05, 0.1) is 40.3 Å². The molecule has 0 amide bonds. The first-order chi connectivity index (χ1) is 32.6. The van der Waals surface area contributed by atoms with Crippen molar-refractivity contribution in [2.45, 2.75) is 309 Å². The van der Waals surface area contributed by atoms with E-state index in [1.54, 1.807) is 0 Å².